The zero-order chi connectivity index (χ0) is 18.0. The molecule has 1 amide bonds. The molecular weight excluding hydrogens is 348 g/mol. The van der Waals surface area contributed by atoms with Gasteiger partial charge in [-0.25, -0.2) is 17.2 Å². The van der Waals surface area contributed by atoms with E-state index in [4.69, 9.17) is 0 Å². The number of sulfone groups is 1. The monoisotopic (exact) mass is 365 g/mol. The SMILES string of the molecule is O=C(c1ccccc1F)N(Cc1ccccc1F)[C@@H]1CCS(=O)(=O)C1. The van der Waals surface area contributed by atoms with Crippen LogP contribution in [0.15, 0.2) is 48.5 Å². The fourth-order valence-corrected chi connectivity index (χ4v) is 4.72. The Kier molecular flexibility index (Phi) is 4.85. The first-order chi connectivity index (χ1) is 11.9. The van der Waals surface area contributed by atoms with Crippen molar-refractivity contribution in [3.8, 4) is 0 Å². The van der Waals surface area contributed by atoms with Crippen LogP contribution in [0.2, 0.25) is 0 Å². The van der Waals surface area contributed by atoms with Gasteiger partial charge in [-0.3, -0.25) is 4.79 Å². The molecule has 3 rings (SSSR count). The Morgan fingerprint density at radius 1 is 1.04 bits per heavy atom. The molecule has 2 aromatic carbocycles. The molecular formula is C18H17F2NO3S. The maximum absolute atomic E-state index is 14.0. The second kappa shape index (κ2) is 6.92. The zero-order valence-corrected chi connectivity index (χ0v) is 14.2. The molecule has 0 radical (unpaired) electrons. The van der Waals surface area contributed by atoms with Crippen molar-refractivity contribution in [3.05, 3.63) is 71.3 Å². The minimum absolute atomic E-state index is 0.0318. The van der Waals surface area contributed by atoms with Crippen LogP contribution in [-0.2, 0) is 16.4 Å². The number of hydrogen-bond donors (Lipinski definition) is 0. The quantitative estimate of drug-likeness (QED) is 0.837. The van der Waals surface area contributed by atoms with Gasteiger partial charge in [-0.1, -0.05) is 30.3 Å². The predicted octanol–water partition coefficient (Wildman–Crippen LogP) is 2.79. The molecule has 1 saturated heterocycles. The highest BCUT2D eigenvalue weighted by atomic mass is 32.2. The molecule has 7 heteroatoms. The molecule has 0 aliphatic carbocycles. The summed E-state index contributed by atoms with van der Waals surface area (Å²) in [5.74, 6) is -2.04. The van der Waals surface area contributed by atoms with Gasteiger partial charge < -0.3 is 4.90 Å². The van der Waals surface area contributed by atoms with Crippen molar-refractivity contribution in [1.29, 1.82) is 0 Å². The molecule has 0 spiro atoms. The van der Waals surface area contributed by atoms with E-state index in [1.54, 1.807) is 6.07 Å². The Hall–Kier alpha value is -2.28. The summed E-state index contributed by atoms with van der Waals surface area (Å²) in [6.07, 6.45) is 0.261. The lowest BCUT2D eigenvalue weighted by Crippen LogP contribution is -2.41. The van der Waals surface area contributed by atoms with E-state index < -0.39 is 33.4 Å². The Balaban J connectivity index is 1.96. The van der Waals surface area contributed by atoms with E-state index >= 15 is 0 Å². The highest BCUT2D eigenvalue weighted by Gasteiger charge is 2.36. The summed E-state index contributed by atoms with van der Waals surface area (Å²) in [6, 6.07) is 10.9. The van der Waals surface area contributed by atoms with Gasteiger partial charge in [-0.15, -0.1) is 0 Å². The molecule has 0 saturated carbocycles. The minimum Gasteiger partial charge on any atom is -0.330 e. The summed E-state index contributed by atoms with van der Waals surface area (Å²) in [5, 5.41) is 0. The molecule has 0 N–H and O–H groups in total. The second-order valence-corrected chi connectivity index (χ2v) is 8.29. The molecule has 0 aromatic heterocycles. The Morgan fingerprint density at radius 3 is 2.28 bits per heavy atom. The molecule has 1 aliphatic rings. The number of carbonyl (C=O) groups excluding carboxylic acids is 1. The smallest absolute Gasteiger partial charge is 0.257 e. The Labute approximate surface area is 145 Å². The number of benzene rings is 2. The van der Waals surface area contributed by atoms with Gasteiger partial charge in [0.25, 0.3) is 5.91 Å². The maximum atomic E-state index is 14.0. The topological polar surface area (TPSA) is 54.5 Å². The average molecular weight is 365 g/mol. The second-order valence-electron chi connectivity index (χ2n) is 6.06. The van der Waals surface area contributed by atoms with Crippen LogP contribution in [0.4, 0.5) is 8.78 Å². The fourth-order valence-electron chi connectivity index (χ4n) is 2.99. The van der Waals surface area contributed by atoms with Gasteiger partial charge in [0.1, 0.15) is 11.6 Å². The van der Waals surface area contributed by atoms with Crippen LogP contribution < -0.4 is 0 Å². The van der Waals surface area contributed by atoms with Crippen LogP contribution in [0.5, 0.6) is 0 Å². The van der Waals surface area contributed by atoms with Crippen molar-refractivity contribution < 1.29 is 22.0 Å². The largest absolute Gasteiger partial charge is 0.330 e. The van der Waals surface area contributed by atoms with Crippen LogP contribution in [0.25, 0.3) is 0 Å². The molecule has 4 nitrogen and oxygen atoms in total. The molecule has 132 valence electrons. The standard InChI is InChI=1S/C18H17F2NO3S/c19-16-7-3-1-5-13(16)11-21(14-9-10-25(23,24)12-14)18(22)15-6-2-4-8-17(15)20/h1-8,14H,9-12H2/t14-/m1/s1. The summed E-state index contributed by atoms with van der Waals surface area (Å²) in [5.41, 5.74) is 0.111. The first kappa shape index (κ1) is 17.5. The molecule has 1 fully saturated rings. The van der Waals surface area contributed by atoms with Crippen LogP contribution in [0, 0.1) is 11.6 Å². The summed E-state index contributed by atoms with van der Waals surface area (Å²) in [4.78, 5) is 14.1. The van der Waals surface area contributed by atoms with E-state index in [1.807, 2.05) is 0 Å². The predicted molar refractivity (Wildman–Crippen MR) is 89.7 cm³/mol. The van der Waals surface area contributed by atoms with E-state index in [0.717, 1.165) is 0 Å². The van der Waals surface area contributed by atoms with Crippen LogP contribution in [-0.4, -0.2) is 36.8 Å². The van der Waals surface area contributed by atoms with Gasteiger partial charge in [0.2, 0.25) is 0 Å². The van der Waals surface area contributed by atoms with Crippen molar-refractivity contribution in [2.24, 2.45) is 0 Å². The van der Waals surface area contributed by atoms with Crippen molar-refractivity contribution >= 4 is 15.7 Å². The van der Waals surface area contributed by atoms with Gasteiger partial charge in [0.05, 0.1) is 17.1 Å². The summed E-state index contributed by atoms with van der Waals surface area (Å²) >= 11 is 0. The van der Waals surface area contributed by atoms with Gasteiger partial charge in [-0.2, -0.15) is 0 Å². The van der Waals surface area contributed by atoms with Crippen LogP contribution in [0.1, 0.15) is 22.3 Å². The van der Waals surface area contributed by atoms with E-state index in [2.05, 4.69) is 0 Å². The lowest BCUT2D eigenvalue weighted by molar-refractivity contribution is 0.0674. The van der Waals surface area contributed by atoms with E-state index in [1.165, 1.54) is 47.4 Å². The molecule has 1 aliphatic heterocycles. The van der Waals surface area contributed by atoms with Gasteiger partial charge >= 0.3 is 0 Å². The molecule has 1 atom stereocenters. The number of nitrogens with zero attached hydrogens (tertiary/aromatic N) is 1. The third-order valence-electron chi connectivity index (χ3n) is 4.31. The first-order valence-corrected chi connectivity index (χ1v) is 9.69. The zero-order valence-electron chi connectivity index (χ0n) is 13.4. The third-order valence-corrected chi connectivity index (χ3v) is 6.06. The third kappa shape index (κ3) is 3.87. The fraction of sp³-hybridized carbons (Fsp3) is 0.278. The summed E-state index contributed by atoms with van der Waals surface area (Å²) in [6.45, 7) is -0.111. The molecule has 25 heavy (non-hydrogen) atoms. The summed E-state index contributed by atoms with van der Waals surface area (Å²) < 4.78 is 51.6. The van der Waals surface area contributed by atoms with Crippen molar-refractivity contribution in [2.75, 3.05) is 11.5 Å². The highest BCUT2D eigenvalue weighted by Crippen LogP contribution is 2.24. The Bertz CT molecular complexity index is 899. The molecule has 1 heterocycles. The van der Waals surface area contributed by atoms with E-state index in [-0.39, 0.29) is 35.6 Å². The van der Waals surface area contributed by atoms with Gasteiger partial charge in [0, 0.05) is 18.2 Å². The highest BCUT2D eigenvalue weighted by molar-refractivity contribution is 7.91. The van der Waals surface area contributed by atoms with E-state index in [0.29, 0.717) is 0 Å². The Morgan fingerprint density at radius 2 is 1.68 bits per heavy atom. The van der Waals surface area contributed by atoms with Crippen LogP contribution >= 0.6 is 0 Å². The number of amides is 1. The minimum atomic E-state index is -3.25. The van der Waals surface area contributed by atoms with E-state index in [9.17, 15) is 22.0 Å². The van der Waals surface area contributed by atoms with Gasteiger partial charge in [-0.05, 0) is 24.6 Å². The van der Waals surface area contributed by atoms with Crippen molar-refractivity contribution in [2.45, 2.75) is 19.0 Å². The molecule has 0 bridgehead atoms. The summed E-state index contributed by atoms with van der Waals surface area (Å²) in [7, 11) is -3.25. The van der Waals surface area contributed by atoms with Crippen molar-refractivity contribution in [1.82, 2.24) is 4.90 Å². The normalized spacial score (nSPS) is 18.9. The number of carbonyl (C=O) groups is 1. The average Bonchev–Trinajstić information content (AvgIpc) is 2.94. The first-order valence-electron chi connectivity index (χ1n) is 7.87. The lowest BCUT2D eigenvalue weighted by atomic mass is 10.1. The maximum Gasteiger partial charge on any atom is 0.257 e. The number of halogens is 2. The number of hydrogen-bond acceptors (Lipinski definition) is 3. The molecule has 2 aromatic rings. The number of rotatable bonds is 4. The van der Waals surface area contributed by atoms with Crippen LogP contribution in [0.3, 0.4) is 0 Å². The molecule has 0 unspecified atom stereocenters. The lowest BCUT2D eigenvalue weighted by Gasteiger charge is -2.29. The van der Waals surface area contributed by atoms with Crippen molar-refractivity contribution in [3.63, 3.8) is 0 Å². The van der Waals surface area contributed by atoms with Gasteiger partial charge in [0.15, 0.2) is 9.84 Å².